The number of imide groups is 1. The summed E-state index contributed by atoms with van der Waals surface area (Å²) in [4.78, 5) is 85.8. The summed E-state index contributed by atoms with van der Waals surface area (Å²) in [6, 6.07) is 9.58. The van der Waals surface area contributed by atoms with Gasteiger partial charge >= 0.3 is 12.1 Å². The van der Waals surface area contributed by atoms with Gasteiger partial charge in [-0.25, -0.2) is 9.69 Å². The number of hydrogen-bond donors (Lipinski definition) is 1. The zero-order valence-corrected chi connectivity index (χ0v) is 27.3. The summed E-state index contributed by atoms with van der Waals surface area (Å²) in [5.74, 6) is -2.32. The van der Waals surface area contributed by atoms with E-state index in [0.29, 0.717) is 36.9 Å². The Kier molecular flexibility index (Phi) is 11.9. The molecule has 2 heterocycles. The van der Waals surface area contributed by atoms with Gasteiger partial charge in [0.25, 0.3) is 11.4 Å². The highest BCUT2D eigenvalue weighted by Crippen LogP contribution is 2.43. The van der Waals surface area contributed by atoms with Crippen LogP contribution in [0.3, 0.4) is 0 Å². The molecule has 2 aromatic rings. The van der Waals surface area contributed by atoms with E-state index in [1.807, 2.05) is 0 Å². The molecule has 2 aliphatic rings. The minimum Gasteiger partial charge on any atom is -0.459 e. The summed E-state index contributed by atoms with van der Waals surface area (Å²) in [6.45, 7) is 1.15. The lowest BCUT2D eigenvalue weighted by Gasteiger charge is -2.54. The van der Waals surface area contributed by atoms with Crippen molar-refractivity contribution < 1.29 is 43.3 Å². The number of benzene rings is 2. The Hall–Kier alpha value is -4.77. The van der Waals surface area contributed by atoms with Gasteiger partial charge in [-0.05, 0) is 36.1 Å². The molecule has 0 spiro atoms. The Morgan fingerprint density at radius 2 is 1.71 bits per heavy atom. The number of nitro groups is 2. The molecule has 4 amide bonds. The smallest absolute Gasteiger partial charge is 0.417 e. The first-order chi connectivity index (χ1) is 22.8. The van der Waals surface area contributed by atoms with Crippen LogP contribution >= 0.6 is 23.4 Å². The molecule has 2 aliphatic heterocycles. The third kappa shape index (κ3) is 8.57. The van der Waals surface area contributed by atoms with Crippen LogP contribution in [-0.2, 0) is 41.9 Å². The van der Waals surface area contributed by atoms with Crippen LogP contribution in [0, 0.1) is 20.2 Å². The summed E-state index contributed by atoms with van der Waals surface area (Å²) in [6.07, 6.45) is -0.207. The number of rotatable bonds is 14. The third-order valence-corrected chi connectivity index (χ3v) is 9.67. The Morgan fingerprint density at radius 1 is 1.02 bits per heavy atom. The largest absolute Gasteiger partial charge is 0.459 e. The first-order valence-corrected chi connectivity index (χ1v) is 16.3. The molecule has 2 unspecified atom stereocenters. The first-order valence-electron chi connectivity index (χ1n) is 14.8. The minimum atomic E-state index is -1.64. The number of non-ortho nitro benzene ring substituents is 2. The van der Waals surface area contributed by atoms with Crippen LogP contribution < -0.4 is 5.32 Å². The molecule has 0 aliphatic carbocycles. The first kappa shape index (κ1) is 36.1. The number of carbonyl (C=O) groups is 5. The van der Waals surface area contributed by atoms with Gasteiger partial charge in [0, 0.05) is 49.4 Å². The fourth-order valence-corrected chi connectivity index (χ4v) is 6.76. The number of nitro benzene ring substituents is 2. The van der Waals surface area contributed by atoms with Crippen molar-refractivity contribution >= 4 is 64.5 Å². The Morgan fingerprint density at radius 3 is 2.38 bits per heavy atom. The zero-order valence-electron chi connectivity index (χ0n) is 25.7. The summed E-state index contributed by atoms with van der Waals surface area (Å²) in [5.41, 5.74) is 0.441. The molecular weight excluding hydrogens is 674 g/mol. The molecule has 0 bridgehead atoms. The molecule has 0 saturated carbocycles. The van der Waals surface area contributed by atoms with Crippen molar-refractivity contribution in [2.75, 3.05) is 18.8 Å². The Bertz CT molecular complexity index is 1590. The molecule has 256 valence electrons. The maximum atomic E-state index is 13.4. The predicted octanol–water partition coefficient (Wildman–Crippen LogP) is 3.67. The van der Waals surface area contributed by atoms with Gasteiger partial charge in [-0.2, -0.15) is 0 Å². The highest BCUT2D eigenvalue weighted by atomic mass is 35.5. The van der Waals surface area contributed by atoms with Crippen LogP contribution in [0.4, 0.5) is 16.2 Å². The number of nitrogens with one attached hydrogen (secondary N) is 1. The standard InChI is InChI=1S/C30H32ClN5O11S/c1-2-23(37)32-13-4-3-8-24(38)34(29(41)47-16-20-6-5-7-22(14-20)36(44)45)25-26(39)33-17-30(31,18-48-27(25)33)28(40)46-15-19-9-11-21(12-10-19)35(42)43/h5-7,9-12,14,25,27H,2-4,8,13,15-18H2,1H3,(H,32,37)/t25?,27-,30?/m1/s1. The second kappa shape index (κ2) is 15.9. The van der Waals surface area contributed by atoms with E-state index in [2.05, 4.69) is 5.32 Å². The van der Waals surface area contributed by atoms with Crippen molar-refractivity contribution in [3.05, 3.63) is 79.9 Å². The number of unbranched alkanes of at least 4 members (excludes halogenated alkanes) is 1. The zero-order chi connectivity index (χ0) is 35.0. The number of ether oxygens (including phenoxy) is 2. The van der Waals surface area contributed by atoms with E-state index in [4.69, 9.17) is 21.1 Å². The van der Waals surface area contributed by atoms with E-state index in [9.17, 15) is 44.2 Å². The van der Waals surface area contributed by atoms with E-state index in [0.717, 1.165) is 16.7 Å². The van der Waals surface area contributed by atoms with Gasteiger partial charge in [-0.1, -0.05) is 19.1 Å². The van der Waals surface area contributed by atoms with Crippen LogP contribution in [0.25, 0.3) is 0 Å². The lowest BCUT2D eigenvalue weighted by molar-refractivity contribution is -0.385. The van der Waals surface area contributed by atoms with Gasteiger partial charge in [-0.15, -0.1) is 23.4 Å². The number of esters is 1. The molecule has 2 fully saturated rings. The number of halogens is 1. The molecule has 3 atom stereocenters. The van der Waals surface area contributed by atoms with E-state index in [1.54, 1.807) is 6.92 Å². The molecule has 4 rings (SSSR count). The normalized spacial score (nSPS) is 19.7. The average Bonchev–Trinajstić information content (AvgIpc) is 3.08. The van der Waals surface area contributed by atoms with Gasteiger partial charge in [-0.3, -0.25) is 39.4 Å². The molecule has 16 nitrogen and oxygen atoms in total. The number of nitrogens with zero attached hydrogens (tertiary/aromatic N) is 4. The molecular formula is C30H32ClN5O11S. The number of carbonyl (C=O) groups excluding carboxylic acids is 5. The van der Waals surface area contributed by atoms with E-state index < -0.39 is 56.6 Å². The molecule has 0 aromatic heterocycles. The van der Waals surface area contributed by atoms with Crippen molar-refractivity contribution in [1.82, 2.24) is 15.1 Å². The van der Waals surface area contributed by atoms with Gasteiger partial charge in [0.15, 0.2) is 10.9 Å². The maximum absolute atomic E-state index is 13.4. The number of fused-ring (bicyclic) bond motifs is 1. The molecule has 0 radical (unpaired) electrons. The van der Waals surface area contributed by atoms with E-state index in [-0.39, 0.29) is 42.6 Å². The molecule has 18 heteroatoms. The number of amides is 4. The molecule has 2 saturated heterocycles. The predicted molar refractivity (Wildman–Crippen MR) is 171 cm³/mol. The maximum Gasteiger partial charge on any atom is 0.417 e. The number of thioether (sulfide) groups is 1. The second-order valence-corrected chi connectivity index (χ2v) is 12.8. The lowest BCUT2D eigenvalue weighted by Crippen LogP contribution is -2.75. The fraction of sp³-hybridized carbons (Fsp3) is 0.433. The quantitative estimate of drug-likeness (QED) is 0.0746. The summed E-state index contributed by atoms with van der Waals surface area (Å²) in [7, 11) is 0. The summed E-state index contributed by atoms with van der Waals surface area (Å²) >= 11 is 7.71. The number of hydrogen-bond acceptors (Lipinski definition) is 12. The van der Waals surface area contributed by atoms with E-state index >= 15 is 0 Å². The third-order valence-electron chi connectivity index (χ3n) is 7.59. The second-order valence-electron chi connectivity index (χ2n) is 11.0. The number of β-lactam (4-membered cyclic amide) rings is 1. The average molecular weight is 706 g/mol. The van der Waals surface area contributed by atoms with E-state index in [1.165, 1.54) is 53.4 Å². The van der Waals surface area contributed by atoms with Crippen molar-refractivity contribution in [2.45, 2.75) is 62.1 Å². The Balaban J connectivity index is 1.41. The lowest BCUT2D eigenvalue weighted by atomic mass is 10.00. The highest BCUT2D eigenvalue weighted by Gasteiger charge is 2.60. The molecule has 48 heavy (non-hydrogen) atoms. The molecule has 1 N–H and O–H groups in total. The van der Waals surface area contributed by atoms with Gasteiger partial charge in [0.1, 0.15) is 18.6 Å². The number of alkyl halides is 1. The monoisotopic (exact) mass is 705 g/mol. The summed E-state index contributed by atoms with van der Waals surface area (Å²) in [5, 5.41) is 24.0. The van der Waals surface area contributed by atoms with Gasteiger partial charge in [0.05, 0.1) is 16.4 Å². The molecule has 2 aromatic carbocycles. The van der Waals surface area contributed by atoms with Crippen molar-refractivity contribution in [3.63, 3.8) is 0 Å². The highest BCUT2D eigenvalue weighted by molar-refractivity contribution is 8.00. The summed E-state index contributed by atoms with van der Waals surface area (Å²) < 4.78 is 10.7. The van der Waals surface area contributed by atoms with Crippen molar-refractivity contribution in [1.29, 1.82) is 0 Å². The van der Waals surface area contributed by atoms with Crippen molar-refractivity contribution in [2.24, 2.45) is 0 Å². The van der Waals surface area contributed by atoms with Crippen molar-refractivity contribution in [3.8, 4) is 0 Å². The minimum absolute atomic E-state index is 0.0273. The van der Waals surface area contributed by atoms with Gasteiger partial charge in [0.2, 0.25) is 17.7 Å². The van der Waals surface area contributed by atoms with Gasteiger partial charge < -0.3 is 19.7 Å². The Labute approximate surface area is 283 Å². The van der Waals surface area contributed by atoms with Crippen LogP contribution in [-0.4, -0.2) is 84.6 Å². The van der Waals surface area contributed by atoms with Crippen LogP contribution in [0.1, 0.15) is 43.7 Å². The van der Waals surface area contributed by atoms with Crippen LogP contribution in [0.2, 0.25) is 0 Å². The SMILES string of the molecule is CCC(=O)NCCCCC(=O)N(C(=O)OCc1cccc([N+](=O)[O-])c1)C1C(=O)N2CC(Cl)(C(=O)OCc3ccc([N+](=O)[O-])cc3)CS[C@H]12. The topological polar surface area (TPSA) is 209 Å². The van der Waals surface area contributed by atoms with Crippen LogP contribution in [0.15, 0.2) is 48.5 Å². The fourth-order valence-electron chi connectivity index (χ4n) is 4.96. The van der Waals surface area contributed by atoms with Crippen LogP contribution in [0.5, 0.6) is 0 Å².